The zero-order valence-corrected chi connectivity index (χ0v) is 16.2. The summed E-state index contributed by atoms with van der Waals surface area (Å²) in [6, 6.07) is 0. The van der Waals surface area contributed by atoms with E-state index in [1.165, 1.54) is 9.80 Å². The number of aliphatic imine (C=N–C) groups is 2. The Hall–Kier alpha value is -2.32. The first kappa shape index (κ1) is 74.0. The number of nitrogens with zero attached hydrogens (tertiary/aromatic N) is 4. The molecule has 0 atom stereocenters. The van der Waals surface area contributed by atoms with Crippen LogP contribution in [0.5, 0.6) is 0 Å². The molecule has 0 amide bonds. The Balaban J connectivity index is -0.0000000158. The molecular formula is C8H36CuN10O8. The normalized spacial score (nSPS) is 7.41. The van der Waals surface area contributed by atoms with Crippen LogP contribution in [-0.4, -0.2) is 106 Å². The van der Waals surface area contributed by atoms with E-state index in [1.807, 2.05) is 0 Å². The van der Waals surface area contributed by atoms with E-state index < -0.39 is 0 Å². The van der Waals surface area contributed by atoms with Crippen molar-refractivity contribution in [3.05, 3.63) is 11.5 Å². The third kappa shape index (κ3) is 59.5. The summed E-state index contributed by atoms with van der Waals surface area (Å²) >= 11 is 0. The van der Waals surface area contributed by atoms with Gasteiger partial charge in [0.2, 0.25) is 0 Å². The van der Waals surface area contributed by atoms with Gasteiger partial charge in [0, 0.05) is 40.1 Å². The van der Waals surface area contributed by atoms with Gasteiger partial charge in [-0.15, -0.1) is 0 Å². The molecule has 0 saturated heterocycles. The second-order valence-corrected chi connectivity index (χ2v) is 3.43. The number of rotatable bonds is 0. The molecule has 0 unspecified atom stereocenters. The molecule has 19 heteroatoms. The fourth-order valence-electron chi connectivity index (χ4n) is 0.428. The first-order valence-electron chi connectivity index (χ1n) is 4.71. The predicted molar refractivity (Wildman–Crippen MR) is 104 cm³/mol. The van der Waals surface area contributed by atoms with Gasteiger partial charge in [-0.05, 0) is 0 Å². The summed E-state index contributed by atoms with van der Waals surface area (Å²) in [5.41, 5.74) is 23.1. The van der Waals surface area contributed by atoms with Gasteiger partial charge in [0.1, 0.15) is 11.9 Å². The van der Waals surface area contributed by atoms with Crippen molar-refractivity contribution in [1.82, 2.24) is 9.80 Å². The molecular weight excluding hydrogens is 428 g/mol. The number of hydrogen-bond donors (Lipinski definition) is 4. The Morgan fingerprint density at radius 1 is 0.630 bits per heavy atom. The van der Waals surface area contributed by atoms with Crippen LogP contribution in [0.4, 0.5) is 0 Å². The first-order chi connectivity index (χ1) is 8.07. The zero-order chi connectivity index (χ0) is 14.9. The van der Waals surface area contributed by atoms with Crippen molar-refractivity contribution in [3.8, 4) is 0 Å². The molecule has 0 spiro atoms. The minimum Gasteiger partial charge on any atom is -0.454 e. The molecule has 24 N–H and O–H groups in total. The van der Waals surface area contributed by atoms with Crippen LogP contribution in [0.15, 0.2) is 9.98 Å². The number of hydrogen-bond acceptors (Lipinski definition) is 2. The summed E-state index contributed by atoms with van der Waals surface area (Å²) in [5, 5.41) is 14.0. The number of guanidine groups is 4. The van der Waals surface area contributed by atoms with Gasteiger partial charge in [0.25, 0.3) is 0 Å². The average molecular weight is 464 g/mol. The third-order valence-corrected chi connectivity index (χ3v) is 1.30. The average Bonchev–Trinajstić information content (AvgIpc) is 2.16. The fourth-order valence-corrected chi connectivity index (χ4v) is 0.428. The summed E-state index contributed by atoms with van der Waals surface area (Å²) in [4.78, 5) is 9.61. The van der Waals surface area contributed by atoms with E-state index in [-0.39, 0.29) is 84.7 Å². The minimum absolute atomic E-state index is 0. The molecule has 0 aromatic heterocycles. The van der Waals surface area contributed by atoms with Crippen LogP contribution in [0, 0.1) is 10.8 Å². The van der Waals surface area contributed by atoms with Gasteiger partial charge in [0.15, 0.2) is 0 Å². The van der Waals surface area contributed by atoms with E-state index in [0.717, 1.165) is 0 Å². The second-order valence-electron chi connectivity index (χ2n) is 3.43. The second kappa shape index (κ2) is 39.0. The molecule has 0 aliphatic rings. The zero-order valence-electron chi connectivity index (χ0n) is 15.2. The molecule has 0 heterocycles. The van der Waals surface area contributed by atoms with Crippen molar-refractivity contribution in [2.75, 3.05) is 28.2 Å². The quantitative estimate of drug-likeness (QED) is 0.154. The summed E-state index contributed by atoms with van der Waals surface area (Å²) in [6.45, 7) is 0. The summed E-state index contributed by atoms with van der Waals surface area (Å²) in [6.07, 6.45) is 0. The maximum absolute atomic E-state index is 7.01. The molecule has 0 aromatic carbocycles. The molecule has 177 valence electrons. The third-order valence-electron chi connectivity index (χ3n) is 1.30. The van der Waals surface area contributed by atoms with Crippen LogP contribution in [-0.2, 0) is 17.1 Å². The maximum Gasteiger partial charge on any atom is 2.00 e. The SMILES string of the molecule is CN(C)C(=N)/N=C(\[NH-])N.CN(C)C(=N)/N=C(\[NH-])N.O.O.O.O.O.O.O.O.[Cu+2]. The monoisotopic (exact) mass is 463 g/mol. The van der Waals surface area contributed by atoms with E-state index in [2.05, 4.69) is 9.98 Å². The van der Waals surface area contributed by atoms with Crippen LogP contribution in [0.25, 0.3) is 11.5 Å². The van der Waals surface area contributed by atoms with Gasteiger partial charge < -0.3 is 86.5 Å². The van der Waals surface area contributed by atoms with Crippen molar-refractivity contribution >= 4 is 23.8 Å². The van der Waals surface area contributed by atoms with Crippen molar-refractivity contribution in [3.63, 3.8) is 0 Å². The van der Waals surface area contributed by atoms with Crippen molar-refractivity contribution in [2.24, 2.45) is 21.5 Å². The van der Waals surface area contributed by atoms with Crippen molar-refractivity contribution in [1.29, 1.82) is 10.8 Å². The van der Waals surface area contributed by atoms with Crippen LogP contribution in [0.2, 0.25) is 0 Å². The van der Waals surface area contributed by atoms with E-state index in [0.29, 0.717) is 0 Å². The van der Waals surface area contributed by atoms with Gasteiger partial charge in [-0.25, -0.2) is 0 Å². The van der Waals surface area contributed by atoms with Gasteiger partial charge in [-0.3, -0.25) is 10.8 Å². The van der Waals surface area contributed by atoms with Crippen molar-refractivity contribution in [2.45, 2.75) is 0 Å². The largest absolute Gasteiger partial charge is 2.00 e. The van der Waals surface area contributed by atoms with Crippen LogP contribution in [0.1, 0.15) is 0 Å². The summed E-state index contributed by atoms with van der Waals surface area (Å²) < 4.78 is 0. The van der Waals surface area contributed by atoms with E-state index in [4.69, 9.17) is 33.8 Å². The van der Waals surface area contributed by atoms with E-state index in [1.54, 1.807) is 28.2 Å². The molecule has 0 fully saturated rings. The Bertz CT molecular complexity index is 327. The van der Waals surface area contributed by atoms with Gasteiger partial charge >= 0.3 is 17.1 Å². The predicted octanol–water partition coefficient (Wildman–Crippen LogP) is -6.90. The van der Waals surface area contributed by atoms with Gasteiger partial charge in [-0.1, -0.05) is 0 Å². The number of nitrogens with two attached hydrogens (primary N) is 2. The number of nitrogens with one attached hydrogen (secondary N) is 4. The smallest absolute Gasteiger partial charge is 0.454 e. The minimum atomic E-state index is -0.339. The molecule has 0 rings (SSSR count). The topological polar surface area (TPSA) is 431 Å². The molecule has 27 heavy (non-hydrogen) atoms. The molecule has 18 nitrogen and oxygen atoms in total. The molecule has 0 aromatic rings. The van der Waals surface area contributed by atoms with E-state index in [9.17, 15) is 0 Å². The molecule has 1 radical (unpaired) electrons. The maximum atomic E-state index is 7.01. The Morgan fingerprint density at radius 2 is 0.778 bits per heavy atom. The van der Waals surface area contributed by atoms with Crippen LogP contribution in [0.3, 0.4) is 0 Å². The Labute approximate surface area is 167 Å². The van der Waals surface area contributed by atoms with Gasteiger partial charge in [0.05, 0.1) is 0 Å². The molecule has 0 aliphatic heterocycles. The van der Waals surface area contributed by atoms with E-state index >= 15 is 0 Å². The summed E-state index contributed by atoms with van der Waals surface area (Å²) in [5.74, 6) is -0.701. The first-order valence-corrected chi connectivity index (χ1v) is 4.71. The Kier molecular flexibility index (Phi) is 107. The summed E-state index contributed by atoms with van der Waals surface area (Å²) in [7, 11) is 6.65. The van der Waals surface area contributed by atoms with Gasteiger partial charge in [-0.2, -0.15) is 0 Å². The molecule has 0 saturated carbocycles. The molecule has 0 aliphatic carbocycles. The van der Waals surface area contributed by atoms with Crippen LogP contribution < -0.4 is 11.5 Å². The fraction of sp³-hybridized carbons (Fsp3) is 0.500. The Morgan fingerprint density at radius 3 is 0.815 bits per heavy atom. The van der Waals surface area contributed by atoms with Crippen LogP contribution >= 0.6 is 0 Å². The van der Waals surface area contributed by atoms with Crippen molar-refractivity contribution < 1.29 is 60.9 Å². The standard InChI is InChI=1S/2C4H10N5.Cu.8H2O/c2*1-9(2)4(7)8-3(5)6;;;;;;;;;/h2*1-2H3,(H4-,5,6,7,8);;8*1H2/q2*-1;+2;;;;;;;;. The molecule has 0 bridgehead atoms.